The summed E-state index contributed by atoms with van der Waals surface area (Å²) in [4.78, 5) is 19.9. The molecule has 7 heteroatoms. The lowest BCUT2D eigenvalue weighted by atomic mass is 10.2. The number of nitrogens with two attached hydrogens (primary N) is 2. The molecule has 96 valence electrons. The molecule has 0 aliphatic carbocycles. The van der Waals surface area contributed by atoms with Crippen LogP contribution in [0.3, 0.4) is 0 Å². The van der Waals surface area contributed by atoms with Crippen molar-refractivity contribution in [2.75, 3.05) is 0 Å². The first kappa shape index (κ1) is 17.1. The van der Waals surface area contributed by atoms with Crippen LogP contribution in [0.5, 0.6) is 0 Å². The molecule has 2 atom stereocenters. The minimum atomic E-state index is -1.18. The summed E-state index contributed by atoms with van der Waals surface area (Å²) in [5, 5.41) is 16.6. The number of carboxylic acid groups (broad SMARTS) is 1. The van der Waals surface area contributed by atoms with Gasteiger partial charge in [0.1, 0.15) is 11.6 Å². The molecule has 0 saturated heterocycles. The minimum absolute atomic E-state index is 0.453. The van der Waals surface area contributed by atoms with Crippen molar-refractivity contribution in [1.82, 2.24) is 0 Å². The molecule has 0 heterocycles. The molecule has 0 unspecified atom stereocenters. The van der Waals surface area contributed by atoms with E-state index in [-0.39, 0.29) is 0 Å². The Hall–Kier alpha value is -1.34. The second kappa shape index (κ2) is 7.02. The van der Waals surface area contributed by atoms with Crippen LogP contribution in [0.4, 0.5) is 4.79 Å². The largest absolute Gasteiger partial charge is 0.480 e. The van der Waals surface area contributed by atoms with Crippen LogP contribution in [0.2, 0.25) is 0 Å². The van der Waals surface area contributed by atoms with Crippen molar-refractivity contribution in [1.29, 1.82) is 0 Å². The molecule has 0 bridgehead atoms. The normalized spacial score (nSPS) is 14.1. The molecule has 16 heavy (non-hydrogen) atoms. The van der Waals surface area contributed by atoms with Crippen LogP contribution in [0, 0.1) is 0 Å². The van der Waals surface area contributed by atoms with Crippen molar-refractivity contribution in [3.05, 3.63) is 0 Å². The summed E-state index contributed by atoms with van der Waals surface area (Å²) in [7, 11) is 0. The van der Waals surface area contributed by atoms with Crippen molar-refractivity contribution in [2.45, 2.75) is 45.4 Å². The fourth-order valence-electron chi connectivity index (χ4n) is 0.508. The first-order chi connectivity index (χ1) is 6.97. The standard InChI is InChI=1S/C5H11NO2.C4H9NO3/c1-5(2,3)8-4(6)7;1-2(6)3(5)4(7)8/h1-3H3,(H2,6,7);2-3,6H,5H2,1H3,(H,7,8)/t;2-,3+/m.1/s1. The molecule has 0 rings (SSSR count). The second-order valence-electron chi connectivity index (χ2n) is 4.14. The smallest absolute Gasteiger partial charge is 0.405 e. The summed E-state index contributed by atoms with van der Waals surface area (Å²) in [5.74, 6) is -1.18. The number of ether oxygens (including phenoxy) is 1. The highest BCUT2D eigenvalue weighted by Gasteiger charge is 2.16. The molecule has 6 N–H and O–H groups in total. The summed E-state index contributed by atoms with van der Waals surface area (Å²) < 4.78 is 4.58. The van der Waals surface area contributed by atoms with Crippen molar-refractivity contribution in [2.24, 2.45) is 11.5 Å². The number of primary amides is 1. The number of amides is 1. The SMILES string of the molecule is CC(C)(C)OC(N)=O.C[C@@H](O)[C@H](N)C(=O)O. The highest BCUT2D eigenvalue weighted by molar-refractivity contribution is 5.73. The topological polar surface area (TPSA) is 136 Å². The van der Waals surface area contributed by atoms with Crippen LogP contribution in [-0.2, 0) is 9.53 Å². The molecule has 0 aromatic carbocycles. The average Bonchev–Trinajstić information content (AvgIpc) is 1.98. The van der Waals surface area contributed by atoms with E-state index >= 15 is 0 Å². The number of hydrogen-bond acceptors (Lipinski definition) is 5. The van der Waals surface area contributed by atoms with E-state index in [0.29, 0.717) is 0 Å². The molecule has 0 aromatic heterocycles. The highest BCUT2D eigenvalue weighted by atomic mass is 16.6. The molecule has 0 aliphatic heterocycles. The first-order valence-corrected chi connectivity index (χ1v) is 4.62. The van der Waals surface area contributed by atoms with Gasteiger partial charge in [-0.3, -0.25) is 4.79 Å². The van der Waals surface area contributed by atoms with E-state index in [1.165, 1.54) is 6.92 Å². The lowest BCUT2D eigenvalue weighted by Crippen LogP contribution is -2.39. The van der Waals surface area contributed by atoms with Crippen LogP contribution in [-0.4, -0.2) is 40.0 Å². The minimum Gasteiger partial charge on any atom is -0.480 e. The van der Waals surface area contributed by atoms with Gasteiger partial charge in [-0.05, 0) is 27.7 Å². The van der Waals surface area contributed by atoms with Crippen LogP contribution in [0.1, 0.15) is 27.7 Å². The van der Waals surface area contributed by atoms with Gasteiger partial charge >= 0.3 is 12.1 Å². The van der Waals surface area contributed by atoms with Gasteiger partial charge in [0.05, 0.1) is 6.10 Å². The van der Waals surface area contributed by atoms with Crippen molar-refractivity contribution >= 4 is 12.1 Å². The van der Waals surface area contributed by atoms with E-state index in [1.54, 1.807) is 20.8 Å². The molecule has 0 saturated carbocycles. The summed E-state index contributed by atoms with van der Waals surface area (Å²) >= 11 is 0. The Kier molecular flexibility index (Phi) is 7.49. The third-order valence-corrected chi connectivity index (χ3v) is 1.21. The maximum atomic E-state index is 10.0. The predicted molar refractivity (Wildman–Crippen MR) is 57.7 cm³/mol. The van der Waals surface area contributed by atoms with Gasteiger partial charge in [-0.15, -0.1) is 0 Å². The Morgan fingerprint density at radius 3 is 1.69 bits per heavy atom. The monoisotopic (exact) mass is 236 g/mol. The van der Waals surface area contributed by atoms with E-state index in [9.17, 15) is 9.59 Å². The van der Waals surface area contributed by atoms with Crippen LogP contribution < -0.4 is 11.5 Å². The number of hydrogen-bond donors (Lipinski definition) is 4. The Labute approximate surface area is 94.4 Å². The highest BCUT2D eigenvalue weighted by Crippen LogP contribution is 2.04. The zero-order chi connectivity index (χ0) is 13.5. The lowest BCUT2D eigenvalue weighted by Gasteiger charge is -2.16. The Morgan fingerprint density at radius 1 is 1.31 bits per heavy atom. The van der Waals surface area contributed by atoms with Gasteiger partial charge < -0.3 is 26.4 Å². The first-order valence-electron chi connectivity index (χ1n) is 4.62. The second-order valence-corrected chi connectivity index (χ2v) is 4.14. The van der Waals surface area contributed by atoms with Gasteiger partial charge in [0.25, 0.3) is 0 Å². The van der Waals surface area contributed by atoms with Crippen molar-refractivity contribution < 1.29 is 24.5 Å². The lowest BCUT2D eigenvalue weighted by molar-refractivity contribution is -0.140. The van der Waals surface area contributed by atoms with Gasteiger partial charge in [-0.1, -0.05) is 0 Å². The molecular weight excluding hydrogens is 216 g/mol. The fourth-order valence-corrected chi connectivity index (χ4v) is 0.508. The number of aliphatic carboxylic acids is 1. The third kappa shape index (κ3) is 12.7. The third-order valence-electron chi connectivity index (χ3n) is 1.21. The Morgan fingerprint density at radius 2 is 1.69 bits per heavy atom. The fraction of sp³-hybridized carbons (Fsp3) is 0.778. The molecule has 0 aromatic rings. The maximum Gasteiger partial charge on any atom is 0.405 e. The summed E-state index contributed by atoms with van der Waals surface area (Å²) in [6.07, 6.45) is -1.70. The van der Waals surface area contributed by atoms with Crippen molar-refractivity contribution in [3.63, 3.8) is 0 Å². The quantitative estimate of drug-likeness (QED) is 0.517. The Balaban J connectivity index is 0. The van der Waals surface area contributed by atoms with E-state index in [1.807, 2.05) is 0 Å². The molecule has 0 aliphatic rings. The average molecular weight is 236 g/mol. The summed E-state index contributed by atoms with van der Waals surface area (Å²) in [6.45, 7) is 6.62. The molecule has 7 nitrogen and oxygen atoms in total. The Bertz CT molecular complexity index is 235. The molecule has 1 amide bonds. The molecule has 0 radical (unpaired) electrons. The molecular formula is C9H20N2O5. The number of aliphatic hydroxyl groups excluding tert-OH is 1. The summed E-state index contributed by atoms with van der Waals surface area (Å²) in [5.41, 5.74) is 9.17. The number of carboxylic acids is 1. The number of carbonyl (C=O) groups is 2. The van der Waals surface area contributed by atoms with E-state index in [2.05, 4.69) is 4.74 Å². The van der Waals surface area contributed by atoms with Gasteiger partial charge in [0.2, 0.25) is 0 Å². The number of rotatable bonds is 2. The number of aliphatic hydroxyl groups is 1. The van der Waals surface area contributed by atoms with Crippen LogP contribution >= 0.6 is 0 Å². The van der Waals surface area contributed by atoms with Gasteiger partial charge in [-0.2, -0.15) is 0 Å². The van der Waals surface area contributed by atoms with Crippen LogP contribution in [0.25, 0.3) is 0 Å². The molecule has 0 fully saturated rings. The number of carbonyl (C=O) groups excluding carboxylic acids is 1. The van der Waals surface area contributed by atoms with E-state index in [4.69, 9.17) is 21.7 Å². The van der Waals surface area contributed by atoms with E-state index < -0.39 is 29.8 Å². The molecule has 0 spiro atoms. The predicted octanol–water partition coefficient (Wildman–Crippen LogP) is -0.341. The van der Waals surface area contributed by atoms with Gasteiger partial charge in [-0.25, -0.2) is 4.79 Å². The van der Waals surface area contributed by atoms with E-state index in [0.717, 1.165) is 0 Å². The maximum absolute atomic E-state index is 10.0. The van der Waals surface area contributed by atoms with Gasteiger partial charge in [0, 0.05) is 0 Å². The van der Waals surface area contributed by atoms with Crippen molar-refractivity contribution in [3.8, 4) is 0 Å². The zero-order valence-electron chi connectivity index (χ0n) is 9.93. The zero-order valence-corrected chi connectivity index (χ0v) is 9.93. The van der Waals surface area contributed by atoms with Crippen LogP contribution in [0.15, 0.2) is 0 Å². The summed E-state index contributed by atoms with van der Waals surface area (Å²) in [6, 6.07) is -1.16. The van der Waals surface area contributed by atoms with Gasteiger partial charge in [0.15, 0.2) is 0 Å².